The van der Waals surface area contributed by atoms with Crippen LogP contribution in [0.25, 0.3) is 0 Å². The fraction of sp³-hybridized carbons (Fsp3) is 0.714. The molecule has 2 rings (SSSR count). The summed E-state index contributed by atoms with van der Waals surface area (Å²) in [7, 11) is 2.25. The van der Waals surface area contributed by atoms with E-state index in [0.29, 0.717) is 6.04 Å². The molecule has 0 bridgehead atoms. The highest BCUT2D eigenvalue weighted by molar-refractivity contribution is 5.09. The first kappa shape index (κ1) is 12.7. The lowest BCUT2D eigenvalue weighted by Gasteiger charge is -2.24. The number of nitrogens with one attached hydrogen (secondary N) is 1. The maximum absolute atomic E-state index is 3.55. The van der Waals surface area contributed by atoms with Gasteiger partial charge in [0.05, 0.1) is 0 Å². The van der Waals surface area contributed by atoms with Crippen LogP contribution in [0.15, 0.2) is 18.5 Å². The minimum Gasteiger partial charge on any atom is -0.354 e. The zero-order valence-corrected chi connectivity index (χ0v) is 11.3. The van der Waals surface area contributed by atoms with Gasteiger partial charge in [-0.05, 0) is 45.4 Å². The first-order chi connectivity index (χ1) is 8.20. The van der Waals surface area contributed by atoms with Gasteiger partial charge in [-0.25, -0.2) is 0 Å². The maximum Gasteiger partial charge on any atom is 0.0221 e. The molecule has 1 saturated carbocycles. The largest absolute Gasteiger partial charge is 0.354 e. The van der Waals surface area contributed by atoms with Gasteiger partial charge < -0.3 is 9.88 Å². The van der Waals surface area contributed by atoms with E-state index in [2.05, 4.69) is 54.1 Å². The Hall–Kier alpha value is -0.800. The molecule has 0 spiro atoms. The average Bonchev–Trinajstić information content (AvgIpc) is 3.08. The molecule has 0 radical (unpaired) electrons. The zero-order chi connectivity index (χ0) is 12.3. The molecule has 0 aromatic carbocycles. The Balaban J connectivity index is 1.67. The molecule has 0 amide bonds. The summed E-state index contributed by atoms with van der Waals surface area (Å²) in [6.07, 6.45) is 7.15. The highest BCUT2D eigenvalue weighted by Gasteiger charge is 2.28. The van der Waals surface area contributed by atoms with Gasteiger partial charge in [-0.1, -0.05) is 0 Å². The van der Waals surface area contributed by atoms with Crippen LogP contribution in [-0.2, 0) is 13.1 Å². The van der Waals surface area contributed by atoms with Crippen molar-refractivity contribution < 1.29 is 0 Å². The van der Waals surface area contributed by atoms with Crippen molar-refractivity contribution in [1.82, 2.24) is 14.8 Å². The zero-order valence-electron chi connectivity index (χ0n) is 11.3. The van der Waals surface area contributed by atoms with Crippen LogP contribution in [0.5, 0.6) is 0 Å². The normalized spacial score (nSPS) is 17.6. The Kier molecular flexibility index (Phi) is 4.24. The Morgan fingerprint density at radius 2 is 2.29 bits per heavy atom. The molecule has 1 N–H and O–H groups in total. The molecule has 96 valence electrons. The number of rotatable bonds is 7. The van der Waals surface area contributed by atoms with Gasteiger partial charge in [0.25, 0.3) is 0 Å². The summed E-state index contributed by atoms with van der Waals surface area (Å²) in [4.78, 5) is 2.50. The van der Waals surface area contributed by atoms with Gasteiger partial charge in [0.15, 0.2) is 0 Å². The van der Waals surface area contributed by atoms with Crippen molar-refractivity contribution in [3.63, 3.8) is 0 Å². The number of hydrogen-bond acceptors (Lipinski definition) is 2. The third kappa shape index (κ3) is 3.58. The topological polar surface area (TPSA) is 20.2 Å². The summed E-state index contributed by atoms with van der Waals surface area (Å²) in [5.74, 6) is 0. The molecule has 1 heterocycles. The average molecular weight is 235 g/mol. The van der Waals surface area contributed by atoms with Crippen molar-refractivity contribution in [3.05, 3.63) is 24.0 Å². The van der Waals surface area contributed by atoms with E-state index in [1.54, 1.807) is 0 Å². The molecule has 1 aliphatic carbocycles. The third-order valence-corrected chi connectivity index (χ3v) is 3.76. The summed E-state index contributed by atoms with van der Waals surface area (Å²) in [5, 5.41) is 3.55. The molecule has 0 aliphatic heterocycles. The highest BCUT2D eigenvalue weighted by Crippen LogP contribution is 2.26. The Bertz CT molecular complexity index is 341. The molecular weight excluding hydrogens is 210 g/mol. The van der Waals surface area contributed by atoms with Gasteiger partial charge in [0, 0.05) is 44.1 Å². The smallest absolute Gasteiger partial charge is 0.0221 e. The molecule has 1 aromatic rings. The SMILES string of the molecule is CCn1ccc(CNCC(C)N(C)C2CC2)c1. The van der Waals surface area contributed by atoms with Crippen LogP contribution in [-0.4, -0.2) is 35.1 Å². The molecule has 1 atom stereocenters. The van der Waals surface area contributed by atoms with Crippen molar-refractivity contribution >= 4 is 0 Å². The van der Waals surface area contributed by atoms with Gasteiger partial charge in [-0.15, -0.1) is 0 Å². The molecule has 1 aliphatic rings. The van der Waals surface area contributed by atoms with Crippen LogP contribution in [0.1, 0.15) is 32.3 Å². The number of hydrogen-bond donors (Lipinski definition) is 1. The lowest BCUT2D eigenvalue weighted by Crippen LogP contribution is -2.38. The van der Waals surface area contributed by atoms with E-state index < -0.39 is 0 Å². The second kappa shape index (κ2) is 5.69. The standard InChI is InChI=1S/C14H25N3/c1-4-17-8-7-13(11-17)10-15-9-12(2)16(3)14-5-6-14/h7-8,11-12,14-15H,4-6,9-10H2,1-3H3. The van der Waals surface area contributed by atoms with E-state index in [4.69, 9.17) is 0 Å². The quantitative estimate of drug-likeness (QED) is 0.781. The van der Waals surface area contributed by atoms with Gasteiger partial charge >= 0.3 is 0 Å². The minimum absolute atomic E-state index is 0.635. The molecule has 3 heteroatoms. The van der Waals surface area contributed by atoms with Crippen LogP contribution in [0.4, 0.5) is 0 Å². The fourth-order valence-corrected chi connectivity index (χ4v) is 2.20. The monoisotopic (exact) mass is 235 g/mol. The summed E-state index contributed by atoms with van der Waals surface area (Å²) in [6.45, 7) is 7.59. The van der Waals surface area contributed by atoms with E-state index in [1.165, 1.54) is 18.4 Å². The second-order valence-corrected chi connectivity index (χ2v) is 5.23. The van der Waals surface area contributed by atoms with Crippen molar-refractivity contribution in [1.29, 1.82) is 0 Å². The molecule has 17 heavy (non-hydrogen) atoms. The van der Waals surface area contributed by atoms with Crippen LogP contribution >= 0.6 is 0 Å². The predicted molar refractivity (Wildman–Crippen MR) is 72.1 cm³/mol. The molecule has 1 unspecified atom stereocenters. The van der Waals surface area contributed by atoms with E-state index in [0.717, 1.165) is 25.7 Å². The molecule has 1 fully saturated rings. The third-order valence-electron chi connectivity index (χ3n) is 3.76. The Morgan fingerprint density at radius 1 is 1.53 bits per heavy atom. The van der Waals surface area contributed by atoms with Gasteiger partial charge in [0.1, 0.15) is 0 Å². The van der Waals surface area contributed by atoms with Gasteiger partial charge in [0.2, 0.25) is 0 Å². The van der Waals surface area contributed by atoms with Crippen LogP contribution in [0, 0.1) is 0 Å². The number of aryl methyl sites for hydroxylation is 1. The first-order valence-corrected chi connectivity index (χ1v) is 6.78. The van der Waals surface area contributed by atoms with E-state index in [9.17, 15) is 0 Å². The van der Waals surface area contributed by atoms with Crippen LogP contribution in [0.3, 0.4) is 0 Å². The lowest BCUT2D eigenvalue weighted by atomic mass is 10.2. The van der Waals surface area contributed by atoms with Crippen LogP contribution in [0.2, 0.25) is 0 Å². The van der Waals surface area contributed by atoms with Crippen LogP contribution < -0.4 is 5.32 Å². The van der Waals surface area contributed by atoms with Crippen molar-refractivity contribution in [3.8, 4) is 0 Å². The lowest BCUT2D eigenvalue weighted by molar-refractivity contribution is 0.241. The second-order valence-electron chi connectivity index (χ2n) is 5.23. The molecule has 0 saturated heterocycles. The molecule has 3 nitrogen and oxygen atoms in total. The number of likely N-dealkylation sites (N-methyl/N-ethyl adjacent to an activating group) is 1. The maximum atomic E-state index is 3.55. The number of nitrogens with zero attached hydrogens (tertiary/aromatic N) is 2. The van der Waals surface area contributed by atoms with Gasteiger partial charge in [-0.3, -0.25) is 4.90 Å². The highest BCUT2D eigenvalue weighted by atomic mass is 15.2. The summed E-state index contributed by atoms with van der Waals surface area (Å²) < 4.78 is 2.22. The minimum atomic E-state index is 0.635. The van der Waals surface area contributed by atoms with E-state index in [-0.39, 0.29) is 0 Å². The number of aromatic nitrogens is 1. The Morgan fingerprint density at radius 3 is 2.88 bits per heavy atom. The first-order valence-electron chi connectivity index (χ1n) is 6.78. The van der Waals surface area contributed by atoms with Gasteiger partial charge in [-0.2, -0.15) is 0 Å². The summed E-state index contributed by atoms with van der Waals surface area (Å²) in [6, 6.07) is 3.69. The fourth-order valence-electron chi connectivity index (χ4n) is 2.20. The molecular formula is C14H25N3. The van der Waals surface area contributed by atoms with E-state index in [1.807, 2.05) is 0 Å². The van der Waals surface area contributed by atoms with Crippen molar-refractivity contribution in [2.24, 2.45) is 0 Å². The predicted octanol–water partition coefficient (Wildman–Crippen LogP) is 2.08. The van der Waals surface area contributed by atoms with E-state index >= 15 is 0 Å². The summed E-state index contributed by atoms with van der Waals surface area (Å²) >= 11 is 0. The van der Waals surface area contributed by atoms with Crippen molar-refractivity contribution in [2.45, 2.75) is 51.9 Å². The van der Waals surface area contributed by atoms with Crippen molar-refractivity contribution in [2.75, 3.05) is 13.6 Å². The Labute approximate surface area is 105 Å². The summed E-state index contributed by atoms with van der Waals surface area (Å²) in [5.41, 5.74) is 1.38. The molecule has 1 aromatic heterocycles.